The van der Waals surface area contributed by atoms with E-state index >= 15 is 0 Å². The van der Waals surface area contributed by atoms with Gasteiger partial charge in [0, 0.05) is 4.90 Å². The predicted octanol–water partition coefficient (Wildman–Crippen LogP) is 1.76. The Hall–Kier alpha value is -1.00. The van der Waals surface area contributed by atoms with Crippen molar-refractivity contribution >= 4 is 23.4 Å². The number of thioether (sulfide) groups is 1. The molecular weight excluding hydrogens is 208 g/mol. The largest absolute Gasteiger partial charge is 0.330 e. The number of benzene rings is 1. The first-order valence-electron chi connectivity index (χ1n) is 4.99. The van der Waals surface area contributed by atoms with Crippen molar-refractivity contribution in [1.82, 2.24) is 0 Å². The molecule has 0 fully saturated rings. The molecule has 0 radical (unpaired) electrons. The van der Waals surface area contributed by atoms with E-state index in [0.29, 0.717) is 6.54 Å². The molecule has 0 aromatic heterocycles. The van der Waals surface area contributed by atoms with Gasteiger partial charge in [-0.3, -0.25) is 4.79 Å². The average Bonchev–Trinajstić information content (AvgIpc) is 2.20. The minimum atomic E-state index is -0.0377. The van der Waals surface area contributed by atoms with Crippen LogP contribution in [0.3, 0.4) is 0 Å². The number of amides is 1. The summed E-state index contributed by atoms with van der Waals surface area (Å²) in [5, 5.41) is 2.87. The van der Waals surface area contributed by atoms with Gasteiger partial charge in [0.1, 0.15) is 0 Å². The van der Waals surface area contributed by atoms with E-state index in [9.17, 15) is 4.79 Å². The minimum absolute atomic E-state index is 0.0377. The summed E-state index contributed by atoms with van der Waals surface area (Å²) in [6.45, 7) is 2.60. The number of carbonyl (C=O) groups is 1. The molecule has 0 aliphatic carbocycles. The standard InChI is InChI=1S/C11H14N2OS/c1-7-2-3-8-10(6-7)15-9(4-5-12)11(14)13-8/h2-3,6,9H,4-5,12H2,1H3,(H,13,14). The van der Waals surface area contributed by atoms with Crippen LogP contribution in [0.5, 0.6) is 0 Å². The molecule has 0 saturated heterocycles. The Labute approximate surface area is 93.4 Å². The molecule has 1 unspecified atom stereocenters. The Morgan fingerprint density at radius 1 is 1.53 bits per heavy atom. The van der Waals surface area contributed by atoms with E-state index in [1.54, 1.807) is 11.8 Å². The van der Waals surface area contributed by atoms with Crippen molar-refractivity contribution < 1.29 is 4.79 Å². The molecule has 3 N–H and O–H groups in total. The van der Waals surface area contributed by atoms with Crippen molar-refractivity contribution in [2.45, 2.75) is 23.5 Å². The molecule has 80 valence electrons. The van der Waals surface area contributed by atoms with Gasteiger partial charge >= 0.3 is 0 Å². The van der Waals surface area contributed by atoms with Crippen LogP contribution in [0.1, 0.15) is 12.0 Å². The van der Waals surface area contributed by atoms with Crippen LogP contribution in [0.4, 0.5) is 5.69 Å². The molecule has 0 bridgehead atoms. The van der Waals surface area contributed by atoms with Crippen molar-refractivity contribution in [3.05, 3.63) is 23.8 Å². The molecule has 1 aromatic carbocycles. The van der Waals surface area contributed by atoms with Gasteiger partial charge in [-0.2, -0.15) is 0 Å². The summed E-state index contributed by atoms with van der Waals surface area (Å²) in [6.07, 6.45) is 0.726. The first kappa shape index (κ1) is 10.5. The van der Waals surface area contributed by atoms with Gasteiger partial charge in [0.25, 0.3) is 0 Å². The Kier molecular flexibility index (Phi) is 2.98. The van der Waals surface area contributed by atoms with Gasteiger partial charge in [0.2, 0.25) is 5.91 Å². The van der Waals surface area contributed by atoms with Gasteiger partial charge in [-0.15, -0.1) is 11.8 Å². The van der Waals surface area contributed by atoms with E-state index in [1.807, 2.05) is 12.1 Å². The molecule has 2 rings (SSSR count). The molecular formula is C11H14N2OS. The van der Waals surface area contributed by atoms with E-state index in [2.05, 4.69) is 18.3 Å². The highest BCUT2D eigenvalue weighted by Crippen LogP contribution is 2.37. The molecule has 3 nitrogen and oxygen atoms in total. The zero-order valence-electron chi connectivity index (χ0n) is 8.62. The lowest BCUT2D eigenvalue weighted by molar-refractivity contribution is -0.115. The molecule has 15 heavy (non-hydrogen) atoms. The second kappa shape index (κ2) is 4.24. The number of nitrogens with one attached hydrogen (secondary N) is 1. The fourth-order valence-electron chi connectivity index (χ4n) is 1.59. The van der Waals surface area contributed by atoms with Crippen molar-refractivity contribution in [3.63, 3.8) is 0 Å². The van der Waals surface area contributed by atoms with Crippen molar-refractivity contribution in [3.8, 4) is 0 Å². The van der Waals surface area contributed by atoms with Gasteiger partial charge in [-0.25, -0.2) is 0 Å². The van der Waals surface area contributed by atoms with Crippen LogP contribution in [0, 0.1) is 6.92 Å². The zero-order chi connectivity index (χ0) is 10.8. The summed E-state index contributed by atoms with van der Waals surface area (Å²) in [7, 11) is 0. The lowest BCUT2D eigenvalue weighted by Gasteiger charge is -2.23. The number of hydrogen-bond donors (Lipinski definition) is 2. The van der Waals surface area contributed by atoms with Gasteiger partial charge in [-0.1, -0.05) is 6.07 Å². The molecule has 0 spiro atoms. The van der Waals surface area contributed by atoms with E-state index in [4.69, 9.17) is 5.73 Å². The van der Waals surface area contributed by atoms with Crippen LogP contribution in [-0.2, 0) is 4.79 Å². The maximum Gasteiger partial charge on any atom is 0.237 e. The smallest absolute Gasteiger partial charge is 0.237 e. The quantitative estimate of drug-likeness (QED) is 0.801. The summed E-state index contributed by atoms with van der Waals surface area (Å²) in [4.78, 5) is 12.8. The molecule has 1 aromatic rings. The van der Waals surface area contributed by atoms with Gasteiger partial charge in [0.15, 0.2) is 0 Å². The van der Waals surface area contributed by atoms with Crippen LogP contribution < -0.4 is 11.1 Å². The zero-order valence-corrected chi connectivity index (χ0v) is 9.43. The molecule has 0 saturated carbocycles. The third-order valence-corrected chi connectivity index (χ3v) is 3.71. The van der Waals surface area contributed by atoms with E-state index < -0.39 is 0 Å². The average molecular weight is 222 g/mol. The highest BCUT2D eigenvalue weighted by Gasteiger charge is 2.25. The van der Waals surface area contributed by atoms with Crippen LogP contribution in [0.25, 0.3) is 0 Å². The summed E-state index contributed by atoms with van der Waals surface area (Å²) >= 11 is 1.61. The Morgan fingerprint density at radius 3 is 3.07 bits per heavy atom. The van der Waals surface area contributed by atoms with Crippen molar-refractivity contribution in [2.75, 3.05) is 11.9 Å². The maximum atomic E-state index is 11.6. The predicted molar refractivity (Wildman–Crippen MR) is 63.1 cm³/mol. The van der Waals surface area contributed by atoms with Crippen LogP contribution in [0.15, 0.2) is 23.1 Å². The molecule has 1 aliphatic rings. The van der Waals surface area contributed by atoms with Gasteiger partial charge < -0.3 is 11.1 Å². The molecule has 4 heteroatoms. The number of fused-ring (bicyclic) bond motifs is 1. The highest BCUT2D eigenvalue weighted by atomic mass is 32.2. The van der Waals surface area contributed by atoms with Crippen LogP contribution in [0.2, 0.25) is 0 Å². The number of carbonyl (C=O) groups excluding carboxylic acids is 1. The minimum Gasteiger partial charge on any atom is -0.330 e. The molecule has 1 aliphatic heterocycles. The summed E-state index contributed by atoms with van der Waals surface area (Å²) in [5.74, 6) is 0.0711. The Bertz CT molecular complexity index is 392. The molecule has 1 amide bonds. The Balaban J connectivity index is 2.26. The number of hydrogen-bond acceptors (Lipinski definition) is 3. The first-order chi connectivity index (χ1) is 7.20. The molecule has 1 atom stereocenters. The summed E-state index contributed by atoms with van der Waals surface area (Å²) < 4.78 is 0. The topological polar surface area (TPSA) is 55.1 Å². The lowest BCUT2D eigenvalue weighted by atomic mass is 10.2. The number of aryl methyl sites for hydroxylation is 1. The number of rotatable bonds is 2. The SMILES string of the molecule is Cc1ccc2c(c1)SC(CCN)C(=O)N2. The monoisotopic (exact) mass is 222 g/mol. The fraction of sp³-hybridized carbons (Fsp3) is 0.364. The van der Waals surface area contributed by atoms with Crippen LogP contribution in [-0.4, -0.2) is 17.7 Å². The Morgan fingerprint density at radius 2 is 2.33 bits per heavy atom. The van der Waals surface area contributed by atoms with Crippen LogP contribution >= 0.6 is 11.8 Å². The van der Waals surface area contributed by atoms with Gasteiger partial charge in [0.05, 0.1) is 10.9 Å². The normalized spacial score (nSPS) is 19.6. The highest BCUT2D eigenvalue weighted by molar-refractivity contribution is 8.01. The first-order valence-corrected chi connectivity index (χ1v) is 5.87. The summed E-state index contributed by atoms with van der Waals surface area (Å²) in [6, 6.07) is 6.06. The molecule has 1 heterocycles. The van der Waals surface area contributed by atoms with Crippen molar-refractivity contribution in [2.24, 2.45) is 5.73 Å². The second-order valence-electron chi connectivity index (χ2n) is 3.67. The summed E-state index contributed by atoms with van der Waals surface area (Å²) in [5.41, 5.74) is 7.61. The van der Waals surface area contributed by atoms with Gasteiger partial charge in [-0.05, 0) is 37.6 Å². The second-order valence-corrected chi connectivity index (χ2v) is 4.92. The fourth-order valence-corrected chi connectivity index (χ4v) is 2.82. The van der Waals surface area contributed by atoms with E-state index in [1.165, 1.54) is 5.56 Å². The maximum absolute atomic E-state index is 11.6. The lowest BCUT2D eigenvalue weighted by Crippen LogP contribution is -2.30. The van der Waals surface area contributed by atoms with E-state index in [-0.39, 0.29) is 11.2 Å². The third-order valence-electron chi connectivity index (χ3n) is 2.39. The number of anilines is 1. The van der Waals surface area contributed by atoms with Crippen molar-refractivity contribution in [1.29, 1.82) is 0 Å². The van der Waals surface area contributed by atoms with E-state index in [0.717, 1.165) is 17.0 Å². The number of nitrogens with two attached hydrogens (primary N) is 1. The third kappa shape index (κ3) is 2.16.